The van der Waals surface area contributed by atoms with Crippen LogP contribution in [0.3, 0.4) is 0 Å². The van der Waals surface area contributed by atoms with Gasteiger partial charge in [-0.15, -0.1) is 0 Å². The summed E-state index contributed by atoms with van der Waals surface area (Å²) in [5.74, 6) is 0. The van der Waals surface area contributed by atoms with Gasteiger partial charge in [-0.3, -0.25) is 0 Å². The highest BCUT2D eigenvalue weighted by atomic mass is 28.6. The van der Waals surface area contributed by atoms with Crippen molar-refractivity contribution in [3.8, 4) is 0 Å². The van der Waals surface area contributed by atoms with E-state index in [4.69, 9.17) is 85.5 Å². The Labute approximate surface area is 320 Å². The lowest BCUT2D eigenvalue weighted by Crippen LogP contribution is -2.71. The molecule has 312 valence electrons. The van der Waals surface area contributed by atoms with Crippen molar-refractivity contribution in [1.29, 1.82) is 0 Å². The molecule has 2 fully saturated rings. The van der Waals surface area contributed by atoms with Gasteiger partial charge in [-0.2, -0.15) is 0 Å². The Morgan fingerprint density at radius 3 is 0.731 bits per heavy atom. The molecule has 6 N–H and O–H groups in total. The smallest absolute Gasteiger partial charge is 0.378 e. The molecule has 0 amide bonds. The average Bonchev–Trinajstić information content (AvgIpc) is 3.08. The predicted molar refractivity (Wildman–Crippen MR) is 209 cm³/mol. The van der Waals surface area contributed by atoms with Gasteiger partial charge in [0.15, 0.2) is 0 Å². The van der Waals surface area contributed by atoms with E-state index in [0.717, 1.165) is 0 Å². The quantitative estimate of drug-likeness (QED) is 0.149. The number of hydrogen-bond acceptors (Lipinski definition) is 19. The maximum atomic E-state index is 6.47. The highest BCUT2D eigenvalue weighted by molar-refractivity contribution is 6.89. The van der Waals surface area contributed by atoms with Crippen LogP contribution in [0.25, 0.3) is 0 Å². The third-order valence-electron chi connectivity index (χ3n) is 7.79. The van der Waals surface area contributed by atoms with E-state index in [1.54, 1.807) is 48.1 Å². The third kappa shape index (κ3) is 15.4. The molecule has 0 aromatic carbocycles. The molecule has 2 rings (SSSR count). The minimum Gasteiger partial charge on any atom is -0.378 e. The lowest BCUT2D eigenvalue weighted by atomic mass is 10.5. The summed E-state index contributed by atoms with van der Waals surface area (Å²) in [5, 5.41) is 0. The number of rotatable bonds is 20. The van der Waals surface area contributed by atoms with Crippen molar-refractivity contribution in [3.05, 3.63) is 0 Å². The van der Waals surface area contributed by atoms with Gasteiger partial charge in [0.05, 0.1) is 0 Å². The van der Waals surface area contributed by atoms with Gasteiger partial charge < -0.3 is 85.5 Å². The Bertz CT molecular complexity index is 951. The van der Waals surface area contributed by atoms with E-state index >= 15 is 0 Å². The summed E-state index contributed by atoms with van der Waals surface area (Å²) in [6.07, 6.45) is 2.04. The molecule has 2 heterocycles. The Kier molecular flexibility index (Phi) is 22.4. The molecule has 0 bridgehead atoms. The van der Waals surface area contributed by atoms with E-state index in [9.17, 15) is 0 Å². The van der Waals surface area contributed by atoms with Crippen LogP contribution in [0.5, 0.6) is 0 Å². The van der Waals surface area contributed by atoms with E-state index in [0.29, 0.717) is 76.8 Å². The van der Waals surface area contributed by atoms with Gasteiger partial charge in [0.1, 0.15) is 0 Å². The number of nitrogens with two attached hydrogens (primary N) is 3. The Hall–Kier alpha value is 0.975. The monoisotopic (exact) mass is 891 g/mol. The zero-order chi connectivity index (χ0) is 39.8. The zero-order valence-electron chi connectivity index (χ0n) is 33.7. The minimum absolute atomic E-state index is 0.417. The summed E-state index contributed by atoms with van der Waals surface area (Å²) in [7, 11) is -17.6. The first-order valence-corrected chi connectivity index (χ1v) is 34.6. The van der Waals surface area contributed by atoms with Gasteiger partial charge in [-0.25, -0.2) is 0 Å². The van der Waals surface area contributed by atoms with Crippen LogP contribution >= 0.6 is 0 Å². The molecule has 2 aliphatic heterocycles. The van der Waals surface area contributed by atoms with Gasteiger partial charge in [0, 0.05) is 106 Å². The fraction of sp³-hybridized carbons (Fsp3) is 1.00. The Morgan fingerprint density at radius 1 is 0.365 bits per heavy atom. The molecule has 0 aromatic heterocycles. The lowest BCUT2D eigenvalue weighted by Gasteiger charge is -2.47. The van der Waals surface area contributed by atoms with E-state index in [1.165, 1.54) is 7.11 Å². The van der Waals surface area contributed by atoms with E-state index in [1.807, 2.05) is 33.9 Å². The van der Waals surface area contributed by atoms with Crippen LogP contribution in [0.1, 0.15) is 40.0 Å². The number of hydrogen-bond donors (Lipinski definition) is 3. The summed E-state index contributed by atoms with van der Waals surface area (Å²) < 4.78 is 97.0. The molecule has 2 atom stereocenters. The van der Waals surface area contributed by atoms with E-state index in [-0.39, 0.29) is 0 Å². The Balaban J connectivity index is 0.000000526. The zero-order valence-corrected chi connectivity index (χ0v) is 41.7. The maximum absolute atomic E-state index is 6.47. The fourth-order valence-corrected chi connectivity index (χ4v) is 39.4. The first-order valence-electron chi connectivity index (χ1n) is 17.7. The molecular weight excluding hydrogens is 823 g/mol. The van der Waals surface area contributed by atoms with Gasteiger partial charge in [-0.1, -0.05) is 0 Å². The molecule has 27 heteroatoms. The van der Waals surface area contributed by atoms with Gasteiger partial charge in [-0.05, 0) is 59.7 Å². The first-order chi connectivity index (χ1) is 24.3. The van der Waals surface area contributed by atoms with Crippen molar-refractivity contribution in [2.75, 3.05) is 75.0 Å². The summed E-state index contributed by atoms with van der Waals surface area (Å²) in [4.78, 5) is 0. The summed E-state index contributed by atoms with van der Waals surface area (Å²) >= 11 is 0. The van der Waals surface area contributed by atoms with Crippen LogP contribution in [0, 0.1) is 0 Å². The van der Waals surface area contributed by atoms with Crippen molar-refractivity contribution in [2.24, 2.45) is 17.2 Å². The molecule has 0 aromatic rings. The van der Waals surface area contributed by atoms with Crippen molar-refractivity contribution < 1.29 is 68.3 Å². The van der Waals surface area contributed by atoms with Crippen molar-refractivity contribution in [1.82, 2.24) is 0 Å². The van der Waals surface area contributed by atoms with Gasteiger partial charge in [0.25, 0.3) is 0 Å². The topological polar surface area (TPSA) is 226 Å². The van der Waals surface area contributed by atoms with Crippen molar-refractivity contribution in [3.63, 3.8) is 0 Å². The fourth-order valence-electron chi connectivity index (χ4n) is 5.27. The van der Waals surface area contributed by atoms with E-state index < -0.39 is 70.4 Å². The van der Waals surface area contributed by atoms with Crippen LogP contribution in [-0.4, -0.2) is 145 Å². The second kappa shape index (κ2) is 22.8. The van der Waals surface area contributed by atoms with Crippen LogP contribution in [-0.2, 0) is 68.3 Å². The lowest BCUT2D eigenvalue weighted by molar-refractivity contribution is 0.0303. The van der Waals surface area contributed by atoms with E-state index in [2.05, 4.69) is 0 Å². The standard InChI is InChI=1S/C14H38N2O8Si4.C11H31NO8Si4/c1-7-19-27(13-9-11-15)21-25(5,17-3)23-28(20-8-2,14-10-12-16)24-26(6,18-4)22-27;1-8-16-24(11-9-10-12)19-22(6,14-3)17-21(5,13-2)18-23(7,15-4)20-24/h7-16H2,1-6H3;8-12H2,1-7H3. The molecule has 19 nitrogen and oxygen atoms in total. The second-order valence-electron chi connectivity index (χ2n) is 12.2. The second-order valence-corrected chi connectivity index (χ2v) is 35.8. The molecule has 0 aliphatic carbocycles. The summed E-state index contributed by atoms with van der Waals surface area (Å²) in [5.41, 5.74) is 17.1. The minimum atomic E-state index is -3.23. The van der Waals surface area contributed by atoms with Crippen LogP contribution < -0.4 is 17.2 Å². The molecule has 0 saturated carbocycles. The molecule has 2 saturated heterocycles. The van der Waals surface area contributed by atoms with Crippen molar-refractivity contribution >= 4 is 70.4 Å². The molecule has 2 unspecified atom stereocenters. The molecule has 52 heavy (non-hydrogen) atoms. The van der Waals surface area contributed by atoms with Crippen LogP contribution in [0.2, 0.25) is 50.9 Å². The summed E-state index contributed by atoms with van der Waals surface area (Å²) in [6.45, 7) is 17.3. The molecule has 0 spiro atoms. The molecule has 0 radical (unpaired) electrons. The first kappa shape index (κ1) is 51.0. The molecule has 2 aliphatic rings. The molecular formula is C25H69N3O16Si8. The summed E-state index contributed by atoms with van der Waals surface area (Å²) in [6, 6.07) is 1.58. The van der Waals surface area contributed by atoms with Crippen LogP contribution in [0.15, 0.2) is 0 Å². The Morgan fingerprint density at radius 2 is 0.558 bits per heavy atom. The van der Waals surface area contributed by atoms with Gasteiger partial charge >= 0.3 is 70.4 Å². The van der Waals surface area contributed by atoms with Crippen molar-refractivity contribution in [2.45, 2.75) is 90.9 Å². The predicted octanol–water partition coefficient (Wildman–Crippen LogP) is 2.18. The third-order valence-corrected chi connectivity index (χ3v) is 38.9. The maximum Gasteiger partial charge on any atom is 0.486 e. The SMILES string of the molecule is CCO[Si]1(CCCN)O[Si](C)(OC)O[Si](C)(OC)O[Si](C)(OC)O1.CCO[Si]1(CCCN)O[Si](C)(OC)O[Si](CCCN)(OCC)O[Si](C)(OC)O1. The average molecular weight is 893 g/mol. The normalized spacial score (nSPS) is 38.8. The highest BCUT2D eigenvalue weighted by Gasteiger charge is 2.65. The highest BCUT2D eigenvalue weighted by Crippen LogP contribution is 2.37. The van der Waals surface area contributed by atoms with Gasteiger partial charge in [0.2, 0.25) is 0 Å². The van der Waals surface area contributed by atoms with Crippen LogP contribution in [0.4, 0.5) is 0 Å². The largest absolute Gasteiger partial charge is 0.486 e.